The maximum absolute atomic E-state index is 11.9. The third-order valence-corrected chi connectivity index (χ3v) is 3.47. The van der Waals surface area contributed by atoms with Gasteiger partial charge >= 0.3 is 5.97 Å². The van der Waals surface area contributed by atoms with E-state index in [1.807, 2.05) is 51.1 Å². The number of aliphatic carboxylic acids is 1. The van der Waals surface area contributed by atoms with E-state index in [2.05, 4.69) is 10.6 Å². The second kappa shape index (κ2) is 9.05. The monoisotopic (exact) mass is 334 g/mol. The predicted molar refractivity (Wildman–Crippen MR) is 91.4 cm³/mol. The Kier molecular flexibility index (Phi) is 7.42. The Bertz CT molecular complexity index is 564. The van der Waals surface area contributed by atoms with E-state index in [1.54, 1.807) is 0 Å². The highest BCUT2D eigenvalue weighted by molar-refractivity contribution is 5.88. The Morgan fingerprint density at radius 3 is 2.25 bits per heavy atom. The first-order valence-electron chi connectivity index (χ1n) is 8.00. The van der Waals surface area contributed by atoms with Crippen LogP contribution >= 0.6 is 0 Å². The fourth-order valence-corrected chi connectivity index (χ4v) is 2.10. The quantitative estimate of drug-likeness (QED) is 0.675. The maximum Gasteiger partial charge on any atom is 0.326 e. The second-order valence-electron chi connectivity index (χ2n) is 7.00. The maximum atomic E-state index is 11.9. The highest BCUT2D eigenvalue weighted by Gasteiger charge is 2.22. The van der Waals surface area contributed by atoms with Crippen molar-refractivity contribution in [2.24, 2.45) is 5.41 Å². The van der Waals surface area contributed by atoms with E-state index < -0.39 is 17.9 Å². The van der Waals surface area contributed by atoms with Crippen LogP contribution in [0.3, 0.4) is 0 Å². The largest absolute Gasteiger partial charge is 0.480 e. The van der Waals surface area contributed by atoms with E-state index in [0.29, 0.717) is 12.8 Å². The van der Waals surface area contributed by atoms with Crippen molar-refractivity contribution in [3.05, 3.63) is 35.9 Å². The number of hydrogen-bond donors (Lipinski definition) is 3. The molecule has 3 N–H and O–H groups in total. The van der Waals surface area contributed by atoms with Crippen molar-refractivity contribution >= 4 is 17.8 Å². The van der Waals surface area contributed by atoms with Crippen LogP contribution in [0.4, 0.5) is 0 Å². The minimum atomic E-state index is -1.07. The van der Waals surface area contributed by atoms with Crippen molar-refractivity contribution in [2.45, 2.75) is 46.1 Å². The van der Waals surface area contributed by atoms with Gasteiger partial charge in [-0.15, -0.1) is 0 Å². The molecule has 2 amide bonds. The number of carbonyl (C=O) groups excluding carboxylic acids is 2. The summed E-state index contributed by atoms with van der Waals surface area (Å²) in [6, 6.07) is 8.24. The van der Waals surface area contributed by atoms with E-state index in [9.17, 15) is 19.5 Å². The highest BCUT2D eigenvalue weighted by Crippen LogP contribution is 2.21. The Labute approximate surface area is 142 Å². The molecule has 1 rings (SSSR count). The minimum Gasteiger partial charge on any atom is -0.480 e. The molecule has 1 aromatic carbocycles. The minimum absolute atomic E-state index is 0.0116. The van der Waals surface area contributed by atoms with Crippen molar-refractivity contribution < 1.29 is 19.5 Å². The van der Waals surface area contributed by atoms with Crippen molar-refractivity contribution in [3.8, 4) is 0 Å². The van der Waals surface area contributed by atoms with Crippen LogP contribution in [-0.2, 0) is 20.8 Å². The molecule has 0 radical (unpaired) electrons. The molecule has 0 aliphatic carbocycles. The van der Waals surface area contributed by atoms with Gasteiger partial charge in [0.2, 0.25) is 11.8 Å². The summed E-state index contributed by atoms with van der Waals surface area (Å²) in [7, 11) is 0. The van der Waals surface area contributed by atoms with Gasteiger partial charge in [0.1, 0.15) is 6.04 Å². The Balaban J connectivity index is 2.40. The summed E-state index contributed by atoms with van der Waals surface area (Å²) in [5, 5.41) is 14.1. The van der Waals surface area contributed by atoms with Gasteiger partial charge in [0.15, 0.2) is 0 Å². The van der Waals surface area contributed by atoms with E-state index in [-0.39, 0.29) is 24.3 Å². The van der Waals surface area contributed by atoms with E-state index >= 15 is 0 Å². The average Bonchev–Trinajstić information content (AvgIpc) is 2.49. The van der Waals surface area contributed by atoms with E-state index in [0.717, 1.165) is 5.56 Å². The third kappa shape index (κ3) is 8.31. The van der Waals surface area contributed by atoms with Crippen molar-refractivity contribution in [2.75, 3.05) is 6.54 Å². The first kappa shape index (κ1) is 19.7. The third-order valence-electron chi connectivity index (χ3n) is 3.47. The summed E-state index contributed by atoms with van der Waals surface area (Å²) in [6.45, 7) is 5.80. The van der Waals surface area contributed by atoms with Crippen LogP contribution in [0.5, 0.6) is 0 Å². The normalized spacial score (nSPS) is 12.3. The molecular formula is C18H26N2O4. The van der Waals surface area contributed by atoms with Gasteiger partial charge < -0.3 is 15.7 Å². The predicted octanol–water partition coefficient (Wildman–Crippen LogP) is 1.74. The number of nitrogens with one attached hydrogen (secondary N) is 2. The van der Waals surface area contributed by atoms with Crippen LogP contribution in [0.25, 0.3) is 0 Å². The number of amides is 2. The summed E-state index contributed by atoms with van der Waals surface area (Å²) in [5.74, 6) is -1.85. The summed E-state index contributed by atoms with van der Waals surface area (Å²) < 4.78 is 0. The smallest absolute Gasteiger partial charge is 0.326 e. The van der Waals surface area contributed by atoms with Crippen molar-refractivity contribution in [3.63, 3.8) is 0 Å². The molecule has 0 aliphatic heterocycles. The molecule has 0 saturated carbocycles. The summed E-state index contributed by atoms with van der Waals surface area (Å²) in [5.41, 5.74) is 0.839. The number of hydrogen-bond acceptors (Lipinski definition) is 3. The molecule has 1 atom stereocenters. The molecule has 0 fully saturated rings. The topological polar surface area (TPSA) is 95.5 Å². The summed E-state index contributed by atoms with van der Waals surface area (Å²) in [6.07, 6.45) is 1.20. The Morgan fingerprint density at radius 2 is 1.71 bits per heavy atom. The number of benzene rings is 1. The number of carboxylic acid groups (broad SMARTS) is 1. The van der Waals surface area contributed by atoms with E-state index in [1.165, 1.54) is 0 Å². The van der Waals surface area contributed by atoms with Crippen LogP contribution in [0.2, 0.25) is 0 Å². The molecule has 0 aliphatic rings. The lowest BCUT2D eigenvalue weighted by molar-refractivity contribution is -0.142. The van der Waals surface area contributed by atoms with Gasteiger partial charge in [-0.05, 0) is 23.8 Å². The zero-order valence-electron chi connectivity index (χ0n) is 14.5. The molecular weight excluding hydrogens is 308 g/mol. The van der Waals surface area contributed by atoms with Gasteiger partial charge in [-0.2, -0.15) is 0 Å². The zero-order valence-corrected chi connectivity index (χ0v) is 14.5. The SMILES string of the molecule is CC(C)(C)CCC(NC(=O)CNC(=O)Cc1ccccc1)C(=O)O. The zero-order chi connectivity index (χ0) is 18.2. The van der Waals surface area contributed by atoms with Gasteiger partial charge in [-0.1, -0.05) is 51.1 Å². The van der Waals surface area contributed by atoms with Crippen LogP contribution in [0.15, 0.2) is 30.3 Å². The first-order chi connectivity index (χ1) is 11.2. The van der Waals surface area contributed by atoms with Gasteiger partial charge in [-0.3, -0.25) is 9.59 Å². The highest BCUT2D eigenvalue weighted by atomic mass is 16.4. The van der Waals surface area contributed by atoms with Gasteiger partial charge in [0, 0.05) is 0 Å². The van der Waals surface area contributed by atoms with Gasteiger partial charge in [0.25, 0.3) is 0 Å². The van der Waals surface area contributed by atoms with Gasteiger partial charge in [-0.25, -0.2) is 4.79 Å². The summed E-state index contributed by atoms with van der Waals surface area (Å²) in [4.78, 5) is 34.9. The number of carboxylic acids is 1. The number of carbonyl (C=O) groups is 3. The summed E-state index contributed by atoms with van der Waals surface area (Å²) >= 11 is 0. The first-order valence-corrected chi connectivity index (χ1v) is 8.00. The molecule has 0 heterocycles. The average molecular weight is 334 g/mol. The molecule has 0 saturated heterocycles. The molecule has 132 valence electrons. The molecule has 24 heavy (non-hydrogen) atoms. The second-order valence-corrected chi connectivity index (χ2v) is 7.00. The lowest BCUT2D eigenvalue weighted by Crippen LogP contribution is -2.46. The van der Waals surface area contributed by atoms with Crippen LogP contribution in [-0.4, -0.2) is 35.5 Å². The Hall–Kier alpha value is -2.37. The molecule has 0 aromatic heterocycles. The van der Waals surface area contributed by atoms with Gasteiger partial charge in [0.05, 0.1) is 13.0 Å². The van der Waals surface area contributed by atoms with Crippen molar-refractivity contribution in [1.29, 1.82) is 0 Å². The molecule has 6 heteroatoms. The van der Waals surface area contributed by atoms with Crippen LogP contribution in [0, 0.1) is 5.41 Å². The number of rotatable bonds is 8. The molecule has 1 aromatic rings. The molecule has 6 nitrogen and oxygen atoms in total. The molecule has 1 unspecified atom stereocenters. The van der Waals surface area contributed by atoms with E-state index in [4.69, 9.17) is 0 Å². The van der Waals surface area contributed by atoms with Crippen LogP contribution in [0.1, 0.15) is 39.2 Å². The Morgan fingerprint density at radius 1 is 1.08 bits per heavy atom. The fourth-order valence-electron chi connectivity index (χ4n) is 2.10. The standard InChI is InChI=1S/C18H26N2O4/c1-18(2,3)10-9-14(17(23)24)20-16(22)12-19-15(21)11-13-7-5-4-6-8-13/h4-8,14H,9-12H2,1-3H3,(H,19,21)(H,20,22)(H,23,24). The molecule has 0 bridgehead atoms. The lowest BCUT2D eigenvalue weighted by atomic mass is 9.88. The molecule has 0 spiro atoms. The lowest BCUT2D eigenvalue weighted by Gasteiger charge is -2.21. The van der Waals surface area contributed by atoms with Crippen LogP contribution < -0.4 is 10.6 Å². The fraction of sp³-hybridized carbons (Fsp3) is 0.500. The van der Waals surface area contributed by atoms with Crippen molar-refractivity contribution in [1.82, 2.24) is 10.6 Å².